The normalized spacial score (nSPS) is 10.7. The third-order valence-electron chi connectivity index (χ3n) is 3.83. The molecule has 0 aliphatic rings. The number of fused-ring (bicyclic) bond motifs is 1. The van der Waals surface area contributed by atoms with Crippen LogP contribution in [0.3, 0.4) is 0 Å². The number of esters is 1. The molecule has 0 bridgehead atoms. The van der Waals surface area contributed by atoms with Gasteiger partial charge in [0.15, 0.2) is 5.65 Å². The molecule has 1 N–H and O–H groups in total. The first-order chi connectivity index (χ1) is 12.0. The van der Waals surface area contributed by atoms with E-state index in [2.05, 4.69) is 20.4 Å². The number of nitrogens with one attached hydrogen (secondary N) is 1. The van der Waals surface area contributed by atoms with Crippen LogP contribution in [0.15, 0.2) is 24.4 Å². The van der Waals surface area contributed by atoms with Crippen molar-refractivity contribution in [2.75, 3.05) is 19.5 Å². The smallest absolute Gasteiger partial charge is 0.341 e. The van der Waals surface area contributed by atoms with Gasteiger partial charge in [0.05, 0.1) is 25.8 Å². The number of hydrogen-bond acceptors (Lipinski definition) is 7. The number of aryl methyl sites for hydroxylation is 2. The number of ether oxygens (including phenoxy) is 2. The lowest BCUT2D eigenvalue weighted by Gasteiger charge is -2.11. The molecule has 0 atom stereocenters. The van der Waals surface area contributed by atoms with E-state index in [9.17, 15) is 4.79 Å². The van der Waals surface area contributed by atoms with E-state index in [1.807, 2.05) is 20.0 Å². The molecular formula is C17H19N5O3. The fourth-order valence-corrected chi connectivity index (χ4v) is 2.59. The molecule has 1 aromatic carbocycles. The van der Waals surface area contributed by atoms with Crippen LogP contribution in [-0.2, 0) is 18.3 Å². The zero-order chi connectivity index (χ0) is 18.0. The van der Waals surface area contributed by atoms with Crippen molar-refractivity contribution < 1.29 is 14.3 Å². The Labute approximate surface area is 144 Å². The van der Waals surface area contributed by atoms with E-state index in [1.165, 1.54) is 14.2 Å². The third-order valence-corrected chi connectivity index (χ3v) is 3.83. The lowest BCUT2D eigenvalue weighted by Crippen LogP contribution is -2.08. The average Bonchev–Trinajstić information content (AvgIpc) is 2.99. The highest BCUT2D eigenvalue weighted by Gasteiger charge is 2.14. The molecule has 0 amide bonds. The molecule has 130 valence electrons. The number of benzene rings is 1. The van der Waals surface area contributed by atoms with Crippen molar-refractivity contribution in [3.8, 4) is 5.75 Å². The first-order valence-corrected chi connectivity index (χ1v) is 7.69. The van der Waals surface area contributed by atoms with Crippen molar-refractivity contribution >= 4 is 22.8 Å². The van der Waals surface area contributed by atoms with Gasteiger partial charge in [0.25, 0.3) is 0 Å². The maximum Gasteiger partial charge on any atom is 0.341 e. The van der Waals surface area contributed by atoms with Crippen molar-refractivity contribution in [2.24, 2.45) is 7.05 Å². The molecule has 8 heteroatoms. The number of methoxy groups -OCH3 is 2. The predicted octanol–water partition coefficient (Wildman–Crippen LogP) is 2.08. The third kappa shape index (κ3) is 3.23. The molecule has 3 aromatic rings. The molecule has 0 unspecified atom stereocenters. The molecule has 0 fully saturated rings. The Hall–Kier alpha value is -3.16. The second kappa shape index (κ2) is 6.76. The van der Waals surface area contributed by atoms with Gasteiger partial charge < -0.3 is 14.8 Å². The second-order valence-electron chi connectivity index (χ2n) is 5.50. The van der Waals surface area contributed by atoms with E-state index >= 15 is 0 Å². The second-order valence-corrected chi connectivity index (χ2v) is 5.50. The van der Waals surface area contributed by atoms with Gasteiger partial charge >= 0.3 is 5.97 Å². The standard InChI is InChI=1S/C17H19N5O3/c1-10-20-15(13-9-19-22(2)16(13)21-10)18-8-11-5-6-14(24-3)12(7-11)17(23)25-4/h5-7,9H,8H2,1-4H3,(H,18,20,21). The largest absolute Gasteiger partial charge is 0.496 e. The number of carbonyl (C=O) groups excluding carboxylic acids is 1. The van der Waals surface area contributed by atoms with Crippen molar-refractivity contribution in [2.45, 2.75) is 13.5 Å². The minimum Gasteiger partial charge on any atom is -0.496 e. The summed E-state index contributed by atoms with van der Waals surface area (Å²) < 4.78 is 11.7. The molecule has 3 rings (SSSR count). The average molecular weight is 341 g/mol. The van der Waals surface area contributed by atoms with Crippen LogP contribution in [-0.4, -0.2) is 39.9 Å². The fourth-order valence-electron chi connectivity index (χ4n) is 2.59. The van der Waals surface area contributed by atoms with E-state index in [-0.39, 0.29) is 0 Å². The summed E-state index contributed by atoms with van der Waals surface area (Å²) in [5, 5.41) is 8.34. The van der Waals surface area contributed by atoms with Crippen LogP contribution in [0.2, 0.25) is 0 Å². The molecule has 0 aliphatic carbocycles. The fraction of sp³-hybridized carbons (Fsp3) is 0.294. The zero-order valence-electron chi connectivity index (χ0n) is 14.5. The van der Waals surface area contributed by atoms with Gasteiger partial charge in [-0.15, -0.1) is 0 Å². The van der Waals surface area contributed by atoms with Crippen LogP contribution in [0.1, 0.15) is 21.7 Å². The maximum absolute atomic E-state index is 11.9. The number of anilines is 1. The summed E-state index contributed by atoms with van der Waals surface area (Å²) in [6, 6.07) is 5.37. The lowest BCUT2D eigenvalue weighted by atomic mass is 10.1. The van der Waals surface area contributed by atoms with Crippen LogP contribution in [0.25, 0.3) is 11.0 Å². The molecule has 2 aromatic heterocycles. The number of carbonyl (C=O) groups is 1. The highest BCUT2D eigenvalue weighted by atomic mass is 16.5. The molecule has 2 heterocycles. The van der Waals surface area contributed by atoms with Crippen molar-refractivity contribution in [3.05, 3.63) is 41.3 Å². The Kier molecular flexibility index (Phi) is 4.51. The van der Waals surface area contributed by atoms with E-state index in [4.69, 9.17) is 9.47 Å². The molecule has 0 saturated heterocycles. The number of hydrogen-bond donors (Lipinski definition) is 1. The van der Waals surface area contributed by atoms with Gasteiger partial charge in [-0.3, -0.25) is 4.68 Å². The quantitative estimate of drug-likeness (QED) is 0.710. The Morgan fingerprint density at radius 2 is 2.08 bits per heavy atom. The Balaban J connectivity index is 1.88. The van der Waals surface area contributed by atoms with E-state index in [0.717, 1.165) is 16.6 Å². The summed E-state index contributed by atoms with van der Waals surface area (Å²) in [5.41, 5.74) is 2.05. The van der Waals surface area contributed by atoms with Gasteiger partial charge in [-0.1, -0.05) is 6.07 Å². The summed E-state index contributed by atoms with van der Waals surface area (Å²) in [4.78, 5) is 20.7. The zero-order valence-corrected chi connectivity index (χ0v) is 14.5. The van der Waals surface area contributed by atoms with Crippen LogP contribution in [0.5, 0.6) is 5.75 Å². The van der Waals surface area contributed by atoms with Gasteiger partial charge in [-0.05, 0) is 24.6 Å². The van der Waals surface area contributed by atoms with Gasteiger partial charge in [0.2, 0.25) is 0 Å². The number of rotatable bonds is 5. The van der Waals surface area contributed by atoms with Gasteiger partial charge in [-0.2, -0.15) is 5.10 Å². The van der Waals surface area contributed by atoms with Crippen molar-refractivity contribution in [1.29, 1.82) is 0 Å². The molecule has 8 nitrogen and oxygen atoms in total. The van der Waals surface area contributed by atoms with Crippen molar-refractivity contribution in [3.63, 3.8) is 0 Å². The molecule has 0 radical (unpaired) electrons. The molecule has 0 spiro atoms. The van der Waals surface area contributed by atoms with Gasteiger partial charge in [0, 0.05) is 13.6 Å². The molecule has 0 aliphatic heterocycles. The molecular weight excluding hydrogens is 322 g/mol. The Morgan fingerprint density at radius 3 is 2.80 bits per heavy atom. The summed E-state index contributed by atoms with van der Waals surface area (Å²) in [6.07, 6.45) is 1.73. The molecule has 0 saturated carbocycles. The SMILES string of the molecule is COC(=O)c1cc(CNc2nc(C)nc3c2cnn3C)ccc1OC. The lowest BCUT2D eigenvalue weighted by molar-refractivity contribution is 0.0597. The van der Waals surface area contributed by atoms with Crippen LogP contribution < -0.4 is 10.1 Å². The van der Waals surface area contributed by atoms with Crippen molar-refractivity contribution in [1.82, 2.24) is 19.7 Å². The Morgan fingerprint density at radius 1 is 1.28 bits per heavy atom. The summed E-state index contributed by atoms with van der Waals surface area (Å²) in [6.45, 7) is 2.31. The summed E-state index contributed by atoms with van der Waals surface area (Å²) in [5.74, 6) is 1.39. The Bertz CT molecular complexity index is 935. The summed E-state index contributed by atoms with van der Waals surface area (Å²) in [7, 11) is 4.70. The minimum atomic E-state index is -0.439. The monoisotopic (exact) mass is 341 g/mol. The highest BCUT2D eigenvalue weighted by Crippen LogP contribution is 2.23. The first kappa shape index (κ1) is 16.7. The number of nitrogens with zero attached hydrogens (tertiary/aromatic N) is 4. The maximum atomic E-state index is 11.9. The van der Waals surface area contributed by atoms with E-state index < -0.39 is 5.97 Å². The van der Waals surface area contributed by atoms with E-state index in [0.29, 0.717) is 29.5 Å². The van der Waals surface area contributed by atoms with Gasteiger partial charge in [-0.25, -0.2) is 14.8 Å². The molecule has 25 heavy (non-hydrogen) atoms. The highest BCUT2D eigenvalue weighted by molar-refractivity contribution is 5.92. The van der Waals surface area contributed by atoms with Crippen LogP contribution in [0.4, 0.5) is 5.82 Å². The predicted molar refractivity (Wildman–Crippen MR) is 92.7 cm³/mol. The van der Waals surface area contributed by atoms with Crippen LogP contribution in [0, 0.1) is 6.92 Å². The van der Waals surface area contributed by atoms with Crippen LogP contribution >= 0.6 is 0 Å². The number of aromatic nitrogens is 4. The summed E-state index contributed by atoms with van der Waals surface area (Å²) >= 11 is 0. The topological polar surface area (TPSA) is 91.2 Å². The minimum absolute atomic E-state index is 0.384. The van der Waals surface area contributed by atoms with E-state index in [1.54, 1.807) is 23.0 Å². The van der Waals surface area contributed by atoms with Gasteiger partial charge in [0.1, 0.15) is 23.0 Å². The first-order valence-electron chi connectivity index (χ1n) is 7.69.